The summed E-state index contributed by atoms with van der Waals surface area (Å²) in [6, 6.07) is 13.6. The van der Waals surface area contributed by atoms with Crippen molar-refractivity contribution in [3.63, 3.8) is 0 Å². The largest absolute Gasteiger partial charge is 0.506 e. The number of thioether (sulfide) groups is 1. The van der Waals surface area contributed by atoms with Crippen molar-refractivity contribution in [2.24, 2.45) is 10.9 Å². The average Bonchev–Trinajstić information content (AvgIpc) is 3.02. The first-order chi connectivity index (χ1) is 14.4. The third kappa shape index (κ3) is 4.62. The molecule has 1 aliphatic heterocycles. The summed E-state index contributed by atoms with van der Waals surface area (Å²) < 4.78 is 1.60. The molecule has 7 heteroatoms. The van der Waals surface area contributed by atoms with Crippen molar-refractivity contribution in [1.29, 1.82) is 0 Å². The second-order valence-corrected chi connectivity index (χ2v) is 10.8. The normalized spacial score (nSPS) is 24.8. The van der Waals surface area contributed by atoms with Gasteiger partial charge in [0.05, 0.1) is 14.2 Å². The molecule has 156 valence electrons. The molecule has 0 spiro atoms. The van der Waals surface area contributed by atoms with E-state index in [1.54, 1.807) is 6.08 Å². The van der Waals surface area contributed by atoms with E-state index < -0.39 is 0 Å². The van der Waals surface area contributed by atoms with Crippen LogP contribution in [0.2, 0.25) is 0 Å². The first-order valence-corrected chi connectivity index (χ1v) is 12.7. The number of phenolic OH excluding ortho intramolecular Hbond substituents is 1. The molecule has 4 rings (SSSR count). The number of phenols is 1. The lowest BCUT2D eigenvalue weighted by Crippen LogP contribution is -2.44. The van der Waals surface area contributed by atoms with Crippen LogP contribution in [-0.4, -0.2) is 27.1 Å². The molecule has 1 N–H and O–H groups in total. The van der Waals surface area contributed by atoms with Gasteiger partial charge in [0.2, 0.25) is 0 Å². The average molecular weight is 597 g/mol. The predicted molar refractivity (Wildman–Crippen MR) is 136 cm³/mol. The molecule has 2 fully saturated rings. The maximum absolute atomic E-state index is 13.5. The zero-order valence-electron chi connectivity index (χ0n) is 16.5. The lowest BCUT2D eigenvalue weighted by molar-refractivity contribution is -0.124. The number of carbonyl (C=O) groups is 1. The summed E-state index contributed by atoms with van der Waals surface area (Å²) in [5.41, 5.74) is 1.46. The first kappa shape index (κ1) is 21.9. The summed E-state index contributed by atoms with van der Waals surface area (Å²) in [7, 11) is 0. The summed E-state index contributed by atoms with van der Waals surface area (Å²) in [4.78, 5) is 20.8. The Labute approximate surface area is 203 Å². The molecule has 2 aromatic rings. The number of amidine groups is 1. The van der Waals surface area contributed by atoms with Crippen LogP contribution in [0.15, 0.2) is 56.8 Å². The Morgan fingerprint density at radius 1 is 1.23 bits per heavy atom. The van der Waals surface area contributed by atoms with Crippen molar-refractivity contribution in [3.8, 4) is 5.75 Å². The number of amides is 1. The monoisotopic (exact) mass is 596 g/mol. The number of carbonyl (C=O) groups excluding carboxylic acids is 1. The van der Waals surface area contributed by atoms with Crippen LogP contribution in [-0.2, 0) is 4.79 Å². The van der Waals surface area contributed by atoms with Gasteiger partial charge in [-0.2, -0.15) is 0 Å². The number of rotatable bonds is 3. The quantitative estimate of drug-likeness (QED) is 0.308. The second kappa shape index (κ2) is 9.44. The van der Waals surface area contributed by atoms with E-state index in [0.717, 1.165) is 38.2 Å². The molecule has 4 nitrogen and oxygen atoms in total. The Hall–Kier alpha value is -1.32. The minimum Gasteiger partial charge on any atom is -0.506 e. The van der Waals surface area contributed by atoms with Gasteiger partial charge in [-0.05, 0) is 83.5 Å². The van der Waals surface area contributed by atoms with E-state index in [9.17, 15) is 9.90 Å². The van der Waals surface area contributed by atoms with Crippen molar-refractivity contribution in [1.82, 2.24) is 4.90 Å². The number of hydrogen-bond donors (Lipinski definition) is 1. The van der Waals surface area contributed by atoms with Crippen LogP contribution in [0, 0.1) is 9.49 Å². The Morgan fingerprint density at radius 3 is 2.70 bits per heavy atom. The Balaban J connectivity index is 1.76. The number of aliphatic imine (C=N–C) groups is 1. The number of halogens is 2. The van der Waals surface area contributed by atoms with Gasteiger partial charge in [-0.15, -0.1) is 0 Å². The highest BCUT2D eigenvalue weighted by atomic mass is 127. The predicted octanol–water partition coefficient (Wildman–Crippen LogP) is 6.94. The fourth-order valence-corrected chi connectivity index (χ4v) is 6.57. The smallest absolute Gasteiger partial charge is 0.267 e. The second-order valence-electron chi connectivity index (χ2n) is 7.67. The van der Waals surface area contributed by atoms with Crippen molar-refractivity contribution in [3.05, 3.63) is 61.0 Å². The fraction of sp³-hybridized carbons (Fsp3) is 0.304. The maximum atomic E-state index is 13.5. The Morgan fingerprint density at radius 2 is 1.97 bits per heavy atom. The van der Waals surface area contributed by atoms with Gasteiger partial charge in [-0.25, -0.2) is 4.99 Å². The molecular weight excluding hydrogens is 575 g/mol. The van der Waals surface area contributed by atoms with E-state index in [1.807, 2.05) is 47.4 Å². The highest BCUT2D eigenvalue weighted by Crippen LogP contribution is 2.41. The van der Waals surface area contributed by atoms with Gasteiger partial charge in [0.25, 0.3) is 5.91 Å². The van der Waals surface area contributed by atoms with E-state index in [0.29, 0.717) is 16.4 Å². The molecule has 30 heavy (non-hydrogen) atoms. The van der Waals surface area contributed by atoms with E-state index in [2.05, 4.69) is 45.4 Å². The van der Waals surface area contributed by atoms with E-state index >= 15 is 0 Å². The van der Waals surface area contributed by atoms with Crippen LogP contribution in [0.3, 0.4) is 0 Å². The summed E-state index contributed by atoms with van der Waals surface area (Å²) in [6.07, 6.45) is 6.25. The van der Waals surface area contributed by atoms with Crippen LogP contribution in [0.25, 0.3) is 6.08 Å². The molecule has 2 aliphatic rings. The first-order valence-electron chi connectivity index (χ1n) is 9.99. The van der Waals surface area contributed by atoms with Crippen LogP contribution < -0.4 is 0 Å². The fourth-order valence-electron chi connectivity index (χ4n) is 3.99. The van der Waals surface area contributed by atoms with Crippen molar-refractivity contribution >= 4 is 73.1 Å². The van der Waals surface area contributed by atoms with Gasteiger partial charge >= 0.3 is 0 Å². The van der Waals surface area contributed by atoms with Crippen molar-refractivity contribution < 1.29 is 9.90 Å². The number of benzene rings is 2. The van der Waals surface area contributed by atoms with Crippen LogP contribution >= 0.6 is 50.3 Å². The number of nitrogens with zero attached hydrogens (tertiary/aromatic N) is 2. The van der Waals surface area contributed by atoms with Gasteiger partial charge in [-0.3, -0.25) is 9.69 Å². The molecule has 0 bridgehead atoms. The van der Waals surface area contributed by atoms with Crippen LogP contribution in [0.1, 0.15) is 38.2 Å². The molecule has 2 atom stereocenters. The highest BCUT2D eigenvalue weighted by molar-refractivity contribution is 14.1. The van der Waals surface area contributed by atoms with Gasteiger partial charge in [0.15, 0.2) is 5.17 Å². The Kier molecular flexibility index (Phi) is 6.89. The SMILES string of the molecule is C[C@@H]1CCCC[C@H]1N1C(=O)/C(=C/c2cc(Br)cc(I)c2O)SC1=Nc1ccccc1. The summed E-state index contributed by atoms with van der Waals surface area (Å²) >= 11 is 6.96. The van der Waals surface area contributed by atoms with Crippen LogP contribution in [0.5, 0.6) is 5.75 Å². The van der Waals surface area contributed by atoms with Crippen LogP contribution in [0.4, 0.5) is 5.69 Å². The lowest BCUT2D eigenvalue weighted by atomic mass is 9.85. The van der Waals surface area contributed by atoms with E-state index in [4.69, 9.17) is 4.99 Å². The molecule has 0 unspecified atom stereocenters. The van der Waals surface area contributed by atoms with Crippen molar-refractivity contribution in [2.45, 2.75) is 38.6 Å². The minimum absolute atomic E-state index is 0.0252. The number of para-hydroxylation sites is 1. The summed E-state index contributed by atoms with van der Waals surface area (Å²) in [6.45, 7) is 2.23. The Bertz CT molecular complexity index is 1030. The van der Waals surface area contributed by atoms with Gasteiger partial charge in [0.1, 0.15) is 5.75 Å². The molecule has 1 amide bonds. The van der Waals surface area contributed by atoms with Gasteiger partial charge in [-0.1, -0.05) is 53.9 Å². The summed E-state index contributed by atoms with van der Waals surface area (Å²) in [5, 5.41) is 11.2. The van der Waals surface area contributed by atoms with E-state index in [-0.39, 0.29) is 17.7 Å². The molecule has 0 radical (unpaired) electrons. The zero-order valence-corrected chi connectivity index (χ0v) is 21.1. The molecule has 1 aliphatic carbocycles. The van der Waals surface area contributed by atoms with Gasteiger partial charge < -0.3 is 5.11 Å². The topological polar surface area (TPSA) is 52.9 Å². The molecular formula is C23H22BrIN2O2S. The third-order valence-corrected chi connectivity index (χ3v) is 7.82. The van der Waals surface area contributed by atoms with Crippen molar-refractivity contribution in [2.75, 3.05) is 0 Å². The number of hydrogen-bond acceptors (Lipinski definition) is 4. The highest BCUT2D eigenvalue weighted by Gasteiger charge is 2.41. The van der Waals surface area contributed by atoms with Gasteiger partial charge in [0, 0.05) is 16.1 Å². The molecule has 1 saturated carbocycles. The standard InChI is InChI=1S/C23H22BrIN2O2S/c1-14-7-5-6-10-19(14)27-22(29)20(12-15-11-16(24)13-18(25)21(15)28)30-23(27)26-17-8-3-2-4-9-17/h2-4,8-9,11-14,19,28H,5-7,10H2,1H3/b20-12-,26-23?/t14-,19-/m1/s1. The molecule has 1 saturated heterocycles. The lowest BCUT2D eigenvalue weighted by Gasteiger charge is -2.35. The molecule has 0 aromatic heterocycles. The molecule has 2 aromatic carbocycles. The third-order valence-electron chi connectivity index (χ3n) is 5.56. The zero-order chi connectivity index (χ0) is 21.3. The maximum Gasteiger partial charge on any atom is 0.267 e. The minimum atomic E-state index is -0.0252. The number of aromatic hydroxyl groups is 1. The molecule has 1 heterocycles. The van der Waals surface area contributed by atoms with E-state index in [1.165, 1.54) is 18.2 Å². The summed E-state index contributed by atoms with van der Waals surface area (Å²) in [5.74, 6) is 0.595.